The van der Waals surface area contributed by atoms with Crippen molar-refractivity contribution >= 4 is 33.9 Å². The Labute approximate surface area is 163 Å². The maximum Gasteiger partial charge on any atom is 0.257 e. The van der Waals surface area contributed by atoms with Crippen molar-refractivity contribution in [3.63, 3.8) is 0 Å². The summed E-state index contributed by atoms with van der Waals surface area (Å²) in [5.74, 6) is -0.208. The molecular formula is C23H20N4O. The van der Waals surface area contributed by atoms with Crippen LogP contribution in [0.1, 0.15) is 21.5 Å². The molecular weight excluding hydrogens is 348 g/mol. The van der Waals surface area contributed by atoms with Crippen molar-refractivity contribution in [2.24, 2.45) is 10.2 Å². The van der Waals surface area contributed by atoms with Crippen LogP contribution in [0.5, 0.6) is 0 Å². The first-order valence-electron chi connectivity index (χ1n) is 9.07. The van der Waals surface area contributed by atoms with E-state index in [1.165, 1.54) is 0 Å². The van der Waals surface area contributed by atoms with E-state index in [0.29, 0.717) is 11.3 Å². The summed E-state index contributed by atoms with van der Waals surface area (Å²) in [7, 11) is 0. The molecule has 0 atom stereocenters. The highest BCUT2D eigenvalue weighted by Crippen LogP contribution is 2.29. The van der Waals surface area contributed by atoms with E-state index >= 15 is 0 Å². The summed E-state index contributed by atoms with van der Waals surface area (Å²) in [5, 5.41) is 12.7. The molecule has 0 aliphatic rings. The Morgan fingerprint density at radius 3 is 2.50 bits per heavy atom. The first-order valence-corrected chi connectivity index (χ1v) is 9.07. The molecule has 3 aromatic carbocycles. The van der Waals surface area contributed by atoms with Gasteiger partial charge in [0.2, 0.25) is 0 Å². The number of nitrogens with zero attached hydrogens (tertiary/aromatic N) is 2. The van der Waals surface area contributed by atoms with Gasteiger partial charge in [-0.05, 0) is 43.7 Å². The third-order valence-electron chi connectivity index (χ3n) is 4.61. The van der Waals surface area contributed by atoms with Crippen molar-refractivity contribution < 1.29 is 4.79 Å². The van der Waals surface area contributed by atoms with Crippen LogP contribution in [-0.4, -0.2) is 10.9 Å². The number of carbonyl (C=O) groups excluding carboxylic acids is 1. The average Bonchev–Trinajstić information content (AvgIpc) is 3.12. The van der Waals surface area contributed by atoms with E-state index in [1.54, 1.807) is 12.1 Å². The highest BCUT2D eigenvalue weighted by atomic mass is 16.1. The molecule has 4 aromatic rings. The maximum absolute atomic E-state index is 12.8. The molecule has 28 heavy (non-hydrogen) atoms. The van der Waals surface area contributed by atoms with E-state index in [1.807, 2.05) is 74.6 Å². The first kappa shape index (κ1) is 17.7. The fourth-order valence-corrected chi connectivity index (χ4v) is 3.14. The summed E-state index contributed by atoms with van der Waals surface area (Å²) < 4.78 is 0. The zero-order valence-electron chi connectivity index (χ0n) is 15.7. The number of azo groups is 1. The van der Waals surface area contributed by atoms with Gasteiger partial charge in [0.25, 0.3) is 5.91 Å². The summed E-state index contributed by atoms with van der Waals surface area (Å²) >= 11 is 0. The number of H-pyrrole nitrogens is 1. The Morgan fingerprint density at radius 1 is 0.893 bits per heavy atom. The molecule has 0 saturated carbocycles. The molecule has 2 N–H and O–H groups in total. The lowest BCUT2D eigenvalue weighted by atomic mass is 10.1. The molecule has 0 spiro atoms. The number of benzene rings is 3. The number of anilines is 1. The van der Waals surface area contributed by atoms with E-state index < -0.39 is 0 Å². The second-order valence-corrected chi connectivity index (χ2v) is 6.71. The maximum atomic E-state index is 12.8. The number of para-hydroxylation sites is 1. The van der Waals surface area contributed by atoms with Gasteiger partial charge in [0, 0.05) is 22.8 Å². The number of fused-ring (bicyclic) bond motifs is 1. The van der Waals surface area contributed by atoms with Gasteiger partial charge in [-0.15, -0.1) is 10.2 Å². The van der Waals surface area contributed by atoms with Gasteiger partial charge >= 0.3 is 0 Å². The van der Waals surface area contributed by atoms with Crippen LogP contribution in [0.25, 0.3) is 10.9 Å². The number of hydrogen-bond acceptors (Lipinski definition) is 3. The minimum atomic E-state index is -0.208. The third-order valence-corrected chi connectivity index (χ3v) is 4.61. The van der Waals surface area contributed by atoms with Crippen LogP contribution in [0.3, 0.4) is 0 Å². The minimum Gasteiger partial charge on any atom is -0.359 e. The largest absolute Gasteiger partial charge is 0.359 e. The van der Waals surface area contributed by atoms with Crippen LogP contribution < -0.4 is 5.32 Å². The summed E-state index contributed by atoms with van der Waals surface area (Å²) in [6.07, 6.45) is 1.81. The average molecular weight is 368 g/mol. The fourth-order valence-electron chi connectivity index (χ4n) is 3.14. The van der Waals surface area contributed by atoms with Crippen molar-refractivity contribution in [3.05, 3.63) is 89.6 Å². The van der Waals surface area contributed by atoms with E-state index in [2.05, 4.69) is 20.5 Å². The van der Waals surface area contributed by atoms with E-state index in [9.17, 15) is 4.79 Å². The van der Waals surface area contributed by atoms with Crippen LogP contribution in [0.15, 0.2) is 83.2 Å². The lowest BCUT2D eigenvalue weighted by molar-refractivity contribution is 0.102. The van der Waals surface area contributed by atoms with Gasteiger partial charge < -0.3 is 10.3 Å². The van der Waals surface area contributed by atoms with Gasteiger partial charge in [0.1, 0.15) is 5.69 Å². The Bertz CT molecular complexity index is 1190. The number of aryl methyl sites for hydroxylation is 2. The molecule has 0 unspecified atom stereocenters. The van der Waals surface area contributed by atoms with E-state index in [-0.39, 0.29) is 5.91 Å². The molecule has 5 heteroatoms. The monoisotopic (exact) mass is 368 g/mol. The Morgan fingerprint density at radius 2 is 1.64 bits per heavy atom. The van der Waals surface area contributed by atoms with Crippen LogP contribution in [-0.2, 0) is 0 Å². The molecule has 1 amide bonds. The molecule has 4 rings (SSSR count). The Hall–Kier alpha value is -3.73. The van der Waals surface area contributed by atoms with Crippen molar-refractivity contribution in [2.75, 3.05) is 5.32 Å². The van der Waals surface area contributed by atoms with Gasteiger partial charge in [-0.1, -0.05) is 48.0 Å². The summed E-state index contributed by atoms with van der Waals surface area (Å²) in [5.41, 5.74) is 5.70. The highest BCUT2D eigenvalue weighted by Gasteiger charge is 2.12. The third kappa shape index (κ3) is 3.55. The van der Waals surface area contributed by atoms with E-state index in [4.69, 9.17) is 0 Å². The predicted molar refractivity (Wildman–Crippen MR) is 113 cm³/mol. The van der Waals surface area contributed by atoms with Crippen LogP contribution in [0, 0.1) is 13.8 Å². The second-order valence-electron chi connectivity index (χ2n) is 6.71. The van der Waals surface area contributed by atoms with Crippen LogP contribution >= 0.6 is 0 Å². The molecule has 0 bridgehead atoms. The standard InChI is InChI=1S/C23H20N4O/c1-15-11-12-19(16(2)13-15)25-23(28)18-8-4-6-10-21(18)26-27-22-14-24-20-9-5-3-7-17(20)22/h3-14,24H,1-2H3,(H,25,28). The zero-order valence-corrected chi connectivity index (χ0v) is 15.7. The van der Waals surface area contributed by atoms with Crippen molar-refractivity contribution in [2.45, 2.75) is 13.8 Å². The lowest BCUT2D eigenvalue weighted by Crippen LogP contribution is -2.13. The predicted octanol–water partition coefficient (Wildman–Crippen LogP) is 6.45. The first-order chi connectivity index (χ1) is 13.6. The topological polar surface area (TPSA) is 69.6 Å². The summed E-state index contributed by atoms with van der Waals surface area (Å²) in [6.45, 7) is 4.00. The van der Waals surface area contributed by atoms with Gasteiger partial charge in [0.05, 0.1) is 11.3 Å². The molecule has 0 aliphatic heterocycles. The highest BCUT2D eigenvalue weighted by molar-refractivity contribution is 6.07. The van der Waals surface area contributed by atoms with E-state index in [0.717, 1.165) is 33.4 Å². The Kier molecular flexibility index (Phi) is 4.72. The normalized spacial score (nSPS) is 11.2. The quantitative estimate of drug-likeness (QED) is 0.399. The molecule has 5 nitrogen and oxygen atoms in total. The van der Waals surface area contributed by atoms with Crippen molar-refractivity contribution in [3.8, 4) is 0 Å². The van der Waals surface area contributed by atoms with Crippen LogP contribution in [0.4, 0.5) is 17.1 Å². The summed E-state index contributed by atoms with van der Waals surface area (Å²) in [4.78, 5) is 16.0. The van der Waals surface area contributed by atoms with Gasteiger partial charge in [-0.2, -0.15) is 0 Å². The number of nitrogens with one attached hydrogen (secondary N) is 2. The van der Waals surface area contributed by atoms with Gasteiger partial charge in [0.15, 0.2) is 0 Å². The van der Waals surface area contributed by atoms with Gasteiger partial charge in [-0.3, -0.25) is 4.79 Å². The molecule has 0 saturated heterocycles. The smallest absolute Gasteiger partial charge is 0.257 e. The molecule has 1 aromatic heterocycles. The van der Waals surface area contributed by atoms with Gasteiger partial charge in [-0.25, -0.2) is 0 Å². The summed E-state index contributed by atoms with van der Waals surface area (Å²) in [6, 6.07) is 21.0. The minimum absolute atomic E-state index is 0.208. The van der Waals surface area contributed by atoms with Crippen molar-refractivity contribution in [1.82, 2.24) is 4.98 Å². The number of rotatable bonds is 4. The van der Waals surface area contributed by atoms with Crippen molar-refractivity contribution in [1.29, 1.82) is 0 Å². The number of amides is 1. The molecule has 138 valence electrons. The molecule has 0 fully saturated rings. The molecule has 0 aliphatic carbocycles. The second kappa shape index (κ2) is 7.48. The molecule has 1 heterocycles. The number of hydrogen-bond donors (Lipinski definition) is 2. The zero-order chi connectivity index (χ0) is 19.5. The number of carbonyl (C=O) groups is 1. The van der Waals surface area contributed by atoms with Crippen LogP contribution in [0.2, 0.25) is 0 Å². The molecule has 0 radical (unpaired) electrons. The number of aromatic nitrogens is 1. The SMILES string of the molecule is Cc1ccc(NC(=O)c2ccccc2N=Nc2c[nH]c3ccccc23)c(C)c1. The number of aromatic amines is 1. The lowest BCUT2D eigenvalue weighted by Gasteiger charge is -2.10. The Balaban J connectivity index is 1.62. The fraction of sp³-hybridized carbons (Fsp3) is 0.0870.